The summed E-state index contributed by atoms with van der Waals surface area (Å²) >= 11 is 0. The zero-order chi connectivity index (χ0) is 33.3. The Kier molecular flexibility index (Phi) is 13.5. The van der Waals surface area contributed by atoms with Gasteiger partial charge in [-0.1, -0.05) is 70.2 Å². The highest BCUT2D eigenvalue weighted by Crippen LogP contribution is 2.30. The summed E-state index contributed by atoms with van der Waals surface area (Å²) in [5, 5.41) is 2.51. The molecule has 10 nitrogen and oxygen atoms in total. The van der Waals surface area contributed by atoms with E-state index in [0.29, 0.717) is 17.0 Å². The number of carbonyl (C=O) groups is 3. The summed E-state index contributed by atoms with van der Waals surface area (Å²) in [6, 6.07) is 5.79. The second-order valence-electron chi connectivity index (χ2n) is 14.5. The number of ether oxygens (including phenoxy) is 2. The molecule has 1 aromatic carbocycles. The molecule has 1 unspecified atom stereocenters. The van der Waals surface area contributed by atoms with E-state index in [9.17, 15) is 22.8 Å². The summed E-state index contributed by atoms with van der Waals surface area (Å²) in [4.78, 5) is 40.6. The number of alkyl carbamates (subject to hydrolysis) is 1. The van der Waals surface area contributed by atoms with Crippen LogP contribution in [0.3, 0.4) is 0 Å². The number of hydrogen-bond donors (Lipinski definition) is 2. The number of hydrogen-bond acceptors (Lipinski definition) is 7. The van der Waals surface area contributed by atoms with E-state index >= 15 is 0 Å². The van der Waals surface area contributed by atoms with Crippen LogP contribution in [0.5, 0.6) is 0 Å². The Balaban J connectivity index is 2.25. The molecule has 11 heteroatoms. The van der Waals surface area contributed by atoms with Crippen molar-refractivity contribution < 1.29 is 32.3 Å². The molecule has 250 valence electrons. The van der Waals surface area contributed by atoms with Crippen LogP contribution in [0.1, 0.15) is 118 Å². The summed E-state index contributed by atoms with van der Waals surface area (Å²) in [5.74, 6) is -0.783. The second kappa shape index (κ2) is 16.0. The van der Waals surface area contributed by atoms with Gasteiger partial charge in [0, 0.05) is 12.6 Å². The van der Waals surface area contributed by atoms with Crippen LogP contribution in [-0.2, 0) is 36.6 Å². The average molecular weight is 638 g/mol. The fraction of sp³-hybridized carbons (Fsp3) is 0.727. The van der Waals surface area contributed by atoms with Crippen LogP contribution >= 0.6 is 0 Å². The topological polar surface area (TPSA) is 131 Å². The third kappa shape index (κ3) is 13.9. The minimum Gasteiger partial charge on any atom is -0.444 e. The van der Waals surface area contributed by atoms with E-state index < -0.39 is 51.1 Å². The lowest BCUT2D eigenvalue weighted by molar-refractivity contribution is -0.121. The van der Waals surface area contributed by atoms with Crippen LogP contribution in [0.4, 0.5) is 9.59 Å². The third-order valence-corrected chi connectivity index (χ3v) is 8.54. The van der Waals surface area contributed by atoms with Gasteiger partial charge in [0.25, 0.3) is 5.91 Å². The molecule has 1 aliphatic carbocycles. The summed E-state index contributed by atoms with van der Waals surface area (Å²) in [6.45, 7) is 16.5. The van der Waals surface area contributed by atoms with E-state index in [1.807, 2.05) is 41.5 Å². The smallest absolute Gasteiger partial charge is 0.410 e. The molecule has 0 spiro atoms. The van der Waals surface area contributed by atoms with E-state index in [-0.39, 0.29) is 24.9 Å². The molecule has 0 saturated heterocycles. The van der Waals surface area contributed by atoms with Crippen LogP contribution in [-0.4, -0.2) is 54.7 Å². The molecule has 0 bridgehead atoms. The maximum absolute atomic E-state index is 13.4. The number of sulfonamides is 1. The summed E-state index contributed by atoms with van der Waals surface area (Å²) < 4.78 is 39.8. The maximum atomic E-state index is 13.4. The lowest BCUT2D eigenvalue weighted by atomic mass is 9.85. The molecule has 1 aromatic rings. The number of carbonyl (C=O) groups excluding carboxylic acids is 3. The minimum absolute atomic E-state index is 0.00134. The molecule has 0 aromatic heterocycles. The van der Waals surface area contributed by atoms with Crippen molar-refractivity contribution in [2.45, 2.75) is 143 Å². The van der Waals surface area contributed by atoms with Gasteiger partial charge in [-0.25, -0.2) is 18.0 Å². The molecule has 1 fully saturated rings. The van der Waals surface area contributed by atoms with Gasteiger partial charge >= 0.3 is 12.2 Å². The van der Waals surface area contributed by atoms with Crippen LogP contribution < -0.4 is 10.0 Å². The van der Waals surface area contributed by atoms with Crippen molar-refractivity contribution in [3.8, 4) is 0 Å². The molecule has 2 N–H and O–H groups in total. The molecule has 3 amide bonds. The molecule has 0 heterocycles. The molecule has 2 atom stereocenters. The molecule has 44 heavy (non-hydrogen) atoms. The standard InChI is InChI=1S/C33H55N3O7S/c1-23(2)19-28(34-30(38)42-32(4,5)6)29(37)35-44(40,41)22-27-18-14-13-17-26(27)21-36(31(39)43-33(7,8)9)24(3)20-25-15-11-10-12-16-25/h13-14,17-18,23-25,28H,10-12,15-16,19-22H2,1-9H3,(H,34,38)(H,35,37)/t24?,28-/m0/s1. The first-order chi connectivity index (χ1) is 20.2. The van der Waals surface area contributed by atoms with Crippen molar-refractivity contribution in [1.82, 2.24) is 14.9 Å². The highest BCUT2D eigenvalue weighted by atomic mass is 32.2. The quantitative estimate of drug-likeness (QED) is 0.262. The molecule has 1 saturated carbocycles. The van der Waals surface area contributed by atoms with Crippen molar-refractivity contribution in [1.29, 1.82) is 0 Å². The molecule has 1 aliphatic rings. The van der Waals surface area contributed by atoms with Crippen molar-refractivity contribution >= 4 is 28.1 Å². The normalized spacial score (nSPS) is 16.1. The van der Waals surface area contributed by atoms with Crippen molar-refractivity contribution in [3.05, 3.63) is 35.4 Å². The average Bonchev–Trinajstić information content (AvgIpc) is 2.85. The summed E-state index contributed by atoms with van der Waals surface area (Å²) in [6.07, 6.45) is 5.74. The monoisotopic (exact) mass is 637 g/mol. The van der Waals surface area contributed by atoms with Crippen LogP contribution in [0.15, 0.2) is 24.3 Å². The Bertz CT molecular complexity index is 1210. The first-order valence-electron chi connectivity index (χ1n) is 15.8. The lowest BCUT2D eigenvalue weighted by Gasteiger charge is -2.35. The predicted octanol–water partition coefficient (Wildman–Crippen LogP) is 6.67. The van der Waals surface area contributed by atoms with E-state index in [1.54, 1.807) is 49.9 Å². The first kappa shape index (κ1) is 37.4. The van der Waals surface area contributed by atoms with Crippen LogP contribution in [0.25, 0.3) is 0 Å². The number of amides is 3. The molecule has 0 aliphatic heterocycles. The minimum atomic E-state index is -4.16. The highest BCUT2D eigenvalue weighted by molar-refractivity contribution is 7.89. The Morgan fingerprint density at radius 1 is 0.909 bits per heavy atom. The van der Waals surface area contributed by atoms with Crippen molar-refractivity contribution in [3.63, 3.8) is 0 Å². The van der Waals surface area contributed by atoms with Gasteiger partial charge in [-0.15, -0.1) is 0 Å². The number of rotatable bonds is 12. The van der Waals surface area contributed by atoms with E-state index in [4.69, 9.17) is 9.47 Å². The van der Waals surface area contributed by atoms with Gasteiger partial charge in [0.15, 0.2) is 0 Å². The van der Waals surface area contributed by atoms with E-state index in [2.05, 4.69) is 10.0 Å². The van der Waals surface area contributed by atoms with E-state index in [1.165, 1.54) is 19.3 Å². The maximum Gasteiger partial charge on any atom is 0.410 e. The summed E-state index contributed by atoms with van der Waals surface area (Å²) in [7, 11) is -4.16. The van der Waals surface area contributed by atoms with Gasteiger partial charge in [0.2, 0.25) is 10.0 Å². The van der Waals surface area contributed by atoms with Gasteiger partial charge in [-0.05, 0) is 84.3 Å². The number of benzene rings is 1. The Morgan fingerprint density at radius 2 is 1.48 bits per heavy atom. The van der Waals surface area contributed by atoms with Gasteiger partial charge in [-0.3, -0.25) is 9.52 Å². The first-order valence-corrected chi connectivity index (χ1v) is 17.5. The highest BCUT2D eigenvalue weighted by Gasteiger charge is 2.31. The van der Waals surface area contributed by atoms with Gasteiger partial charge in [0.05, 0.1) is 5.75 Å². The predicted molar refractivity (Wildman–Crippen MR) is 172 cm³/mol. The van der Waals surface area contributed by atoms with Crippen LogP contribution in [0, 0.1) is 11.8 Å². The summed E-state index contributed by atoms with van der Waals surface area (Å²) in [5.41, 5.74) is -0.351. The van der Waals surface area contributed by atoms with Gasteiger partial charge < -0.3 is 19.7 Å². The van der Waals surface area contributed by atoms with Gasteiger partial charge in [0.1, 0.15) is 17.2 Å². The largest absolute Gasteiger partial charge is 0.444 e. The molecular formula is C33H55N3O7S. The Morgan fingerprint density at radius 3 is 2.02 bits per heavy atom. The fourth-order valence-corrected chi connectivity index (χ4v) is 6.62. The molecule has 2 rings (SSSR count). The van der Waals surface area contributed by atoms with Crippen molar-refractivity contribution in [2.24, 2.45) is 11.8 Å². The Labute approximate surface area is 265 Å². The molecular weight excluding hydrogens is 582 g/mol. The third-order valence-electron chi connectivity index (χ3n) is 7.33. The zero-order valence-corrected chi connectivity index (χ0v) is 29.0. The number of nitrogens with zero attached hydrogens (tertiary/aromatic N) is 1. The molecule has 0 radical (unpaired) electrons. The number of nitrogens with one attached hydrogen (secondary N) is 2. The van der Waals surface area contributed by atoms with Crippen LogP contribution in [0.2, 0.25) is 0 Å². The second-order valence-corrected chi connectivity index (χ2v) is 16.2. The lowest BCUT2D eigenvalue weighted by Crippen LogP contribution is -2.50. The van der Waals surface area contributed by atoms with Crippen molar-refractivity contribution in [2.75, 3.05) is 0 Å². The zero-order valence-electron chi connectivity index (χ0n) is 28.2. The van der Waals surface area contributed by atoms with E-state index in [0.717, 1.165) is 19.3 Å². The Hall–Kier alpha value is -2.82. The fourth-order valence-electron chi connectivity index (χ4n) is 5.41. The SMILES string of the molecule is CC(C)C[C@H](NC(=O)OC(C)(C)C)C(=O)NS(=O)(=O)Cc1ccccc1CN(C(=O)OC(C)(C)C)C(C)CC1CCCCC1. The van der Waals surface area contributed by atoms with Gasteiger partial charge in [-0.2, -0.15) is 0 Å².